The lowest BCUT2D eigenvalue weighted by atomic mass is 9.99. The highest BCUT2D eigenvalue weighted by atomic mass is 19.2. The molecule has 0 atom stereocenters. The molecule has 0 amide bonds. The zero-order valence-corrected chi connectivity index (χ0v) is 13.9. The fraction of sp³-hybridized carbons (Fsp3) is 0.238. The molecule has 0 fully saturated rings. The molecule has 0 aliphatic carbocycles. The molecule has 24 heavy (non-hydrogen) atoms. The molecule has 0 N–H and O–H groups in total. The second-order valence-corrected chi connectivity index (χ2v) is 5.82. The molecule has 0 saturated heterocycles. The summed E-state index contributed by atoms with van der Waals surface area (Å²) in [4.78, 5) is 0. The molecular formula is C21H20F2O. The van der Waals surface area contributed by atoms with Crippen LogP contribution in [-0.4, -0.2) is 6.61 Å². The maximum Gasteiger partial charge on any atom is 0.201 e. The first-order chi connectivity index (χ1) is 11.6. The first-order valence-corrected chi connectivity index (χ1v) is 8.28. The summed E-state index contributed by atoms with van der Waals surface area (Å²) in [6.07, 6.45) is 2.14. The van der Waals surface area contributed by atoms with Crippen molar-refractivity contribution in [3.63, 3.8) is 0 Å². The molecule has 0 radical (unpaired) electrons. The third-order valence-electron chi connectivity index (χ3n) is 4.11. The van der Waals surface area contributed by atoms with Gasteiger partial charge in [0.1, 0.15) is 0 Å². The van der Waals surface area contributed by atoms with E-state index in [2.05, 4.69) is 19.1 Å². The Morgan fingerprint density at radius 1 is 0.833 bits per heavy atom. The molecule has 3 rings (SSSR count). The van der Waals surface area contributed by atoms with Crippen molar-refractivity contribution in [2.24, 2.45) is 0 Å². The Kier molecular flexibility index (Phi) is 4.79. The van der Waals surface area contributed by atoms with E-state index in [1.807, 2.05) is 18.2 Å². The molecule has 0 saturated carbocycles. The molecule has 3 aromatic carbocycles. The molecule has 124 valence electrons. The summed E-state index contributed by atoms with van der Waals surface area (Å²) in [6, 6.07) is 15.2. The maximum absolute atomic E-state index is 14.4. The summed E-state index contributed by atoms with van der Waals surface area (Å²) in [5, 5.41) is 0.898. The van der Waals surface area contributed by atoms with Crippen molar-refractivity contribution >= 4 is 10.8 Å². The van der Waals surface area contributed by atoms with Gasteiger partial charge >= 0.3 is 0 Å². The van der Waals surface area contributed by atoms with Gasteiger partial charge < -0.3 is 4.74 Å². The topological polar surface area (TPSA) is 9.23 Å². The van der Waals surface area contributed by atoms with Crippen LogP contribution in [0.3, 0.4) is 0 Å². The van der Waals surface area contributed by atoms with E-state index >= 15 is 0 Å². The zero-order chi connectivity index (χ0) is 17.1. The number of hydrogen-bond acceptors (Lipinski definition) is 1. The van der Waals surface area contributed by atoms with Crippen LogP contribution in [0.5, 0.6) is 5.75 Å². The molecule has 0 aliphatic heterocycles. The van der Waals surface area contributed by atoms with Crippen LogP contribution in [0.2, 0.25) is 0 Å². The molecule has 0 aliphatic rings. The number of ether oxygens (including phenoxy) is 1. The lowest BCUT2D eigenvalue weighted by Gasteiger charge is -2.10. The first-order valence-electron chi connectivity index (χ1n) is 8.28. The van der Waals surface area contributed by atoms with E-state index in [0.717, 1.165) is 24.0 Å². The average Bonchev–Trinajstić information content (AvgIpc) is 2.60. The highest BCUT2D eigenvalue weighted by molar-refractivity contribution is 5.89. The fourth-order valence-electron chi connectivity index (χ4n) is 2.90. The van der Waals surface area contributed by atoms with E-state index in [9.17, 15) is 8.78 Å². The molecule has 3 aromatic rings. The second-order valence-electron chi connectivity index (χ2n) is 5.82. The minimum absolute atomic E-state index is 0.0424. The minimum Gasteiger partial charge on any atom is -0.491 e. The predicted molar refractivity (Wildman–Crippen MR) is 94.5 cm³/mol. The van der Waals surface area contributed by atoms with E-state index in [0.29, 0.717) is 12.0 Å². The average molecular weight is 326 g/mol. The van der Waals surface area contributed by atoms with Crippen LogP contribution in [0, 0.1) is 11.6 Å². The molecule has 0 aromatic heterocycles. The standard InChI is InChI=1S/C21H20F2O/c1-3-5-14-6-8-15(9-7-14)16-10-11-17-13-19(24-4-2)21(23)20(22)18(17)12-16/h6-13H,3-5H2,1-2H3. The van der Waals surface area contributed by atoms with Crippen molar-refractivity contribution in [2.75, 3.05) is 6.61 Å². The predicted octanol–water partition coefficient (Wildman–Crippen LogP) is 6.14. The summed E-state index contributed by atoms with van der Waals surface area (Å²) < 4.78 is 33.6. The van der Waals surface area contributed by atoms with Crippen LogP contribution in [0.1, 0.15) is 25.8 Å². The monoisotopic (exact) mass is 326 g/mol. The lowest BCUT2D eigenvalue weighted by Crippen LogP contribution is -1.98. The first kappa shape index (κ1) is 16.4. The van der Waals surface area contributed by atoms with Crippen LogP contribution >= 0.6 is 0 Å². The van der Waals surface area contributed by atoms with Gasteiger partial charge in [-0.2, -0.15) is 4.39 Å². The van der Waals surface area contributed by atoms with E-state index in [1.54, 1.807) is 25.1 Å². The number of benzene rings is 3. The van der Waals surface area contributed by atoms with Gasteiger partial charge in [-0.1, -0.05) is 49.7 Å². The van der Waals surface area contributed by atoms with Crippen LogP contribution in [0.25, 0.3) is 21.9 Å². The number of fused-ring (bicyclic) bond motifs is 1. The van der Waals surface area contributed by atoms with E-state index in [-0.39, 0.29) is 11.1 Å². The fourth-order valence-corrected chi connectivity index (χ4v) is 2.90. The SMILES string of the molecule is CCCc1ccc(-c2ccc3cc(OCC)c(F)c(F)c3c2)cc1. The van der Waals surface area contributed by atoms with Gasteiger partial charge in [0.2, 0.25) is 5.82 Å². The molecule has 1 nitrogen and oxygen atoms in total. The molecule has 0 spiro atoms. The Balaban J connectivity index is 2.04. The van der Waals surface area contributed by atoms with Crippen LogP contribution in [-0.2, 0) is 6.42 Å². The van der Waals surface area contributed by atoms with Gasteiger partial charge in [-0.25, -0.2) is 4.39 Å². The molecular weight excluding hydrogens is 306 g/mol. The van der Waals surface area contributed by atoms with Gasteiger partial charge in [-0.15, -0.1) is 0 Å². The van der Waals surface area contributed by atoms with Crippen molar-refractivity contribution in [3.05, 3.63) is 65.7 Å². The zero-order valence-electron chi connectivity index (χ0n) is 13.9. The van der Waals surface area contributed by atoms with Gasteiger partial charge in [0.15, 0.2) is 11.6 Å². The second kappa shape index (κ2) is 7.00. The Bertz CT molecular complexity index is 854. The smallest absolute Gasteiger partial charge is 0.201 e. The molecule has 3 heteroatoms. The molecule has 0 heterocycles. The number of rotatable bonds is 5. The van der Waals surface area contributed by atoms with Crippen molar-refractivity contribution in [1.29, 1.82) is 0 Å². The summed E-state index contributed by atoms with van der Waals surface area (Å²) in [5.41, 5.74) is 3.14. The highest BCUT2D eigenvalue weighted by Gasteiger charge is 2.15. The largest absolute Gasteiger partial charge is 0.491 e. The van der Waals surface area contributed by atoms with Gasteiger partial charge in [0.05, 0.1) is 6.61 Å². The Morgan fingerprint density at radius 3 is 2.21 bits per heavy atom. The summed E-state index contributed by atoms with van der Waals surface area (Å²) >= 11 is 0. The maximum atomic E-state index is 14.4. The van der Waals surface area contributed by atoms with Crippen molar-refractivity contribution < 1.29 is 13.5 Å². The van der Waals surface area contributed by atoms with Crippen molar-refractivity contribution in [3.8, 4) is 16.9 Å². The van der Waals surface area contributed by atoms with E-state index < -0.39 is 11.6 Å². The molecule has 0 bridgehead atoms. The number of aryl methyl sites for hydroxylation is 1. The van der Waals surface area contributed by atoms with Crippen LogP contribution in [0.15, 0.2) is 48.5 Å². The minimum atomic E-state index is -0.931. The third-order valence-corrected chi connectivity index (χ3v) is 4.11. The van der Waals surface area contributed by atoms with Gasteiger partial charge in [0.25, 0.3) is 0 Å². The van der Waals surface area contributed by atoms with Crippen molar-refractivity contribution in [2.45, 2.75) is 26.7 Å². The van der Waals surface area contributed by atoms with Gasteiger partial charge in [-0.05, 0) is 47.6 Å². The lowest BCUT2D eigenvalue weighted by molar-refractivity contribution is 0.315. The Labute approximate surface area is 140 Å². The van der Waals surface area contributed by atoms with E-state index in [1.165, 1.54) is 5.56 Å². The summed E-state index contributed by atoms with van der Waals surface area (Å²) in [6.45, 7) is 4.18. The molecule has 0 unspecified atom stereocenters. The summed E-state index contributed by atoms with van der Waals surface area (Å²) in [7, 11) is 0. The van der Waals surface area contributed by atoms with Gasteiger partial charge in [0, 0.05) is 5.39 Å². The highest BCUT2D eigenvalue weighted by Crippen LogP contribution is 2.32. The Hall–Kier alpha value is -2.42. The van der Waals surface area contributed by atoms with Crippen LogP contribution < -0.4 is 4.74 Å². The summed E-state index contributed by atoms with van der Waals surface area (Å²) in [5.74, 6) is -1.83. The van der Waals surface area contributed by atoms with Gasteiger partial charge in [-0.3, -0.25) is 0 Å². The van der Waals surface area contributed by atoms with Crippen LogP contribution in [0.4, 0.5) is 8.78 Å². The Morgan fingerprint density at radius 2 is 1.54 bits per heavy atom. The number of halogens is 2. The van der Waals surface area contributed by atoms with E-state index in [4.69, 9.17) is 4.74 Å². The number of hydrogen-bond donors (Lipinski definition) is 0. The quantitative estimate of drug-likeness (QED) is 0.547. The normalized spacial score (nSPS) is 11.0. The van der Waals surface area contributed by atoms with Crippen molar-refractivity contribution in [1.82, 2.24) is 0 Å². The third kappa shape index (κ3) is 3.12.